The smallest absolute Gasteiger partial charge is 0.315 e. The molecule has 5 heteroatoms. The Bertz CT molecular complexity index is 413. The molecule has 0 saturated carbocycles. The van der Waals surface area contributed by atoms with Crippen molar-refractivity contribution in [1.29, 1.82) is 0 Å². The van der Waals surface area contributed by atoms with Crippen LogP contribution in [0.5, 0.6) is 0 Å². The van der Waals surface area contributed by atoms with Crippen LogP contribution in [0.4, 0.5) is 4.79 Å². The second-order valence-corrected chi connectivity index (χ2v) is 6.67. The lowest BCUT2D eigenvalue weighted by atomic mass is 9.91. The first-order chi connectivity index (χ1) is 9.93. The standard InChI is InChI=1S/C16H29N3OS/c1-6-16(7-2,19(4)5)12-17-15(20)18-13(3)10-14-8-9-21-11-14/h8-9,11,13H,6-7,10,12H2,1-5H3,(H2,17,18,20). The number of hydrogen-bond acceptors (Lipinski definition) is 3. The summed E-state index contributed by atoms with van der Waals surface area (Å²) in [5.74, 6) is 0. The van der Waals surface area contributed by atoms with Gasteiger partial charge in [0.05, 0.1) is 0 Å². The van der Waals surface area contributed by atoms with E-state index in [1.807, 2.05) is 6.92 Å². The number of rotatable bonds is 8. The van der Waals surface area contributed by atoms with Crippen LogP contribution in [0.2, 0.25) is 0 Å². The molecule has 0 aromatic carbocycles. The van der Waals surface area contributed by atoms with Gasteiger partial charge in [0.2, 0.25) is 0 Å². The molecule has 0 aliphatic heterocycles. The second-order valence-electron chi connectivity index (χ2n) is 5.89. The average Bonchev–Trinajstić information content (AvgIpc) is 2.92. The number of thiophene rings is 1. The number of likely N-dealkylation sites (N-methyl/N-ethyl adjacent to an activating group) is 1. The van der Waals surface area contributed by atoms with E-state index in [0.717, 1.165) is 19.3 Å². The average molecular weight is 311 g/mol. The number of nitrogens with one attached hydrogen (secondary N) is 2. The van der Waals surface area contributed by atoms with E-state index in [4.69, 9.17) is 0 Å². The summed E-state index contributed by atoms with van der Waals surface area (Å²) < 4.78 is 0. The van der Waals surface area contributed by atoms with Gasteiger partial charge in [-0.2, -0.15) is 11.3 Å². The molecule has 0 aliphatic carbocycles. The highest BCUT2D eigenvalue weighted by atomic mass is 32.1. The Morgan fingerprint density at radius 3 is 2.52 bits per heavy atom. The highest BCUT2D eigenvalue weighted by molar-refractivity contribution is 7.07. The van der Waals surface area contributed by atoms with Gasteiger partial charge in [-0.05, 0) is 62.7 Å². The fourth-order valence-electron chi connectivity index (χ4n) is 2.62. The lowest BCUT2D eigenvalue weighted by Crippen LogP contribution is -2.54. The number of urea groups is 1. The summed E-state index contributed by atoms with van der Waals surface area (Å²) in [5.41, 5.74) is 1.31. The van der Waals surface area contributed by atoms with Crippen molar-refractivity contribution >= 4 is 17.4 Å². The Balaban J connectivity index is 2.42. The Kier molecular flexibility index (Phi) is 7.18. The minimum atomic E-state index is -0.0779. The quantitative estimate of drug-likeness (QED) is 0.775. The van der Waals surface area contributed by atoms with E-state index >= 15 is 0 Å². The van der Waals surface area contributed by atoms with Crippen molar-refractivity contribution in [2.24, 2.45) is 0 Å². The summed E-state index contributed by atoms with van der Waals surface area (Å²) in [7, 11) is 4.15. The molecule has 1 aromatic heterocycles. The van der Waals surface area contributed by atoms with Gasteiger partial charge in [-0.25, -0.2) is 4.79 Å². The number of hydrogen-bond donors (Lipinski definition) is 2. The van der Waals surface area contributed by atoms with E-state index in [1.54, 1.807) is 11.3 Å². The zero-order valence-corrected chi connectivity index (χ0v) is 14.7. The predicted octanol–water partition coefficient (Wildman–Crippen LogP) is 3.10. The number of nitrogens with zero attached hydrogens (tertiary/aromatic N) is 1. The molecular formula is C16H29N3OS. The monoisotopic (exact) mass is 311 g/mol. The zero-order chi connectivity index (χ0) is 15.9. The van der Waals surface area contributed by atoms with E-state index in [-0.39, 0.29) is 17.6 Å². The zero-order valence-electron chi connectivity index (χ0n) is 13.9. The fraction of sp³-hybridized carbons (Fsp3) is 0.688. The molecule has 0 radical (unpaired) electrons. The normalized spacial score (nSPS) is 13.2. The van der Waals surface area contributed by atoms with E-state index in [9.17, 15) is 4.79 Å². The lowest BCUT2D eigenvalue weighted by Gasteiger charge is -2.38. The largest absolute Gasteiger partial charge is 0.336 e. The van der Waals surface area contributed by atoms with Crippen LogP contribution in [0.3, 0.4) is 0 Å². The van der Waals surface area contributed by atoms with Crippen LogP contribution in [0.25, 0.3) is 0 Å². The van der Waals surface area contributed by atoms with Gasteiger partial charge in [-0.3, -0.25) is 0 Å². The molecule has 4 nitrogen and oxygen atoms in total. The molecule has 0 fully saturated rings. The third-order valence-corrected chi connectivity index (χ3v) is 5.07. The molecule has 1 atom stereocenters. The number of amides is 2. The maximum absolute atomic E-state index is 12.0. The molecule has 0 saturated heterocycles. The van der Waals surface area contributed by atoms with Crippen LogP contribution >= 0.6 is 11.3 Å². The van der Waals surface area contributed by atoms with Gasteiger partial charge in [0.25, 0.3) is 0 Å². The van der Waals surface area contributed by atoms with Gasteiger partial charge < -0.3 is 15.5 Å². The van der Waals surface area contributed by atoms with Crippen LogP contribution in [-0.4, -0.2) is 43.2 Å². The molecule has 0 bridgehead atoms. The van der Waals surface area contributed by atoms with Crippen LogP contribution < -0.4 is 10.6 Å². The maximum atomic E-state index is 12.0. The second kappa shape index (κ2) is 8.39. The topological polar surface area (TPSA) is 44.4 Å². The third kappa shape index (κ3) is 5.32. The van der Waals surface area contributed by atoms with Gasteiger partial charge >= 0.3 is 6.03 Å². The first kappa shape index (κ1) is 18.0. The Morgan fingerprint density at radius 1 is 1.38 bits per heavy atom. The maximum Gasteiger partial charge on any atom is 0.315 e. The number of carbonyl (C=O) groups excluding carboxylic acids is 1. The molecule has 0 aliphatic rings. The summed E-state index contributed by atoms with van der Waals surface area (Å²) in [5, 5.41) is 10.2. The first-order valence-electron chi connectivity index (χ1n) is 7.66. The summed E-state index contributed by atoms with van der Waals surface area (Å²) in [6, 6.07) is 2.16. The highest BCUT2D eigenvalue weighted by Crippen LogP contribution is 2.20. The summed E-state index contributed by atoms with van der Waals surface area (Å²) in [4.78, 5) is 14.3. The fourth-order valence-corrected chi connectivity index (χ4v) is 3.31. The van der Waals surface area contributed by atoms with Gasteiger partial charge in [0.15, 0.2) is 0 Å². The Labute approximate surface area is 132 Å². The van der Waals surface area contributed by atoms with E-state index < -0.39 is 0 Å². The number of carbonyl (C=O) groups is 1. The predicted molar refractivity (Wildman–Crippen MR) is 91.0 cm³/mol. The van der Waals surface area contributed by atoms with Crippen molar-refractivity contribution in [2.75, 3.05) is 20.6 Å². The van der Waals surface area contributed by atoms with Crippen LogP contribution in [0.1, 0.15) is 39.2 Å². The molecule has 2 N–H and O–H groups in total. The van der Waals surface area contributed by atoms with Crippen molar-refractivity contribution in [2.45, 2.75) is 51.6 Å². The summed E-state index contributed by atoms with van der Waals surface area (Å²) >= 11 is 1.69. The molecule has 2 amide bonds. The van der Waals surface area contributed by atoms with Gasteiger partial charge in [-0.15, -0.1) is 0 Å². The van der Waals surface area contributed by atoms with E-state index in [1.165, 1.54) is 5.56 Å². The SMILES string of the molecule is CCC(CC)(CNC(=O)NC(C)Cc1ccsc1)N(C)C. The van der Waals surface area contributed by atoms with E-state index in [2.05, 4.69) is 60.3 Å². The molecule has 0 spiro atoms. The van der Waals surface area contributed by atoms with Crippen LogP contribution in [0, 0.1) is 0 Å². The van der Waals surface area contributed by atoms with Crippen LogP contribution in [0.15, 0.2) is 16.8 Å². The Morgan fingerprint density at radius 2 is 2.05 bits per heavy atom. The Hall–Kier alpha value is -1.07. The van der Waals surface area contributed by atoms with Crippen molar-refractivity contribution in [3.63, 3.8) is 0 Å². The molecule has 1 unspecified atom stereocenters. The molecule has 21 heavy (non-hydrogen) atoms. The minimum absolute atomic E-state index is 0.0357. The van der Waals surface area contributed by atoms with Crippen molar-refractivity contribution in [1.82, 2.24) is 15.5 Å². The van der Waals surface area contributed by atoms with Crippen molar-refractivity contribution < 1.29 is 4.79 Å². The molecule has 1 heterocycles. The molecule has 1 rings (SSSR count). The van der Waals surface area contributed by atoms with Gasteiger partial charge in [-0.1, -0.05) is 13.8 Å². The molecule has 1 aromatic rings. The first-order valence-corrected chi connectivity index (χ1v) is 8.60. The van der Waals surface area contributed by atoms with Crippen molar-refractivity contribution in [3.8, 4) is 0 Å². The lowest BCUT2D eigenvalue weighted by molar-refractivity contribution is 0.137. The summed E-state index contributed by atoms with van der Waals surface area (Å²) in [6.07, 6.45) is 2.90. The molecular weight excluding hydrogens is 282 g/mol. The summed E-state index contributed by atoms with van der Waals surface area (Å²) in [6.45, 7) is 7.05. The minimum Gasteiger partial charge on any atom is -0.336 e. The third-order valence-electron chi connectivity index (χ3n) is 4.34. The highest BCUT2D eigenvalue weighted by Gasteiger charge is 2.29. The van der Waals surface area contributed by atoms with Gasteiger partial charge in [0.1, 0.15) is 0 Å². The van der Waals surface area contributed by atoms with E-state index in [0.29, 0.717) is 6.54 Å². The van der Waals surface area contributed by atoms with Crippen LogP contribution in [-0.2, 0) is 6.42 Å². The molecule has 120 valence electrons. The van der Waals surface area contributed by atoms with Gasteiger partial charge in [0, 0.05) is 18.1 Å². The van der Waals surface area contributed by atoms with Crippen molar-refractivity contribution in [3.05, 3.63) is 22.4 Å².